The molecule has 172 valence electrons. The summed E-state index contributed by atoms with van der Waals surface area (Å²) in [6, 6.07) is -0.268. The Morgan fingerprint density at radius 2 is 1.17 bits per heavy atom. The van der Waals surface area contributed by atoms with E-state index in [2.05, 4.69) is 19.2 Å². The minimum atomic E-state index is -0.268. The summed E-state index contributed by atoms with van der Waals surface area (Å²) in [5, 5.41) is 2.94. The molecular weight excluding hydrogens is 366 g/mol. The van der Waals surface area contributed by atoms with Gasteiger partial charge in [0, 0.05) is 20.0 Å². The van der Waals surface area contributed by atoms with Crippen molar-refractivity contribution < 1.29 is 19.1 Å². The normalized spacial score (nSPS) is 12.0. The summed E-state index contributed by atoms with van der Waals surface area (Å²) in [5.41, 5.74) is 0. The average Bonchev–Trinajstić information content (AvgIpc) is 2.71. The Morgan fingerprint density at radius 1 is 0.690 bits per heavy atom. The fourth-order valence-electron chi connectivity index (χ4n) is 3.37. The molecule has 0 unspecified atom stereocenters. The van der Waals surface area contributed by atoms with E-state index in [0.717, 1.165) is 25.7 Å². The lowest BCUT2D eigenvalue weighted by Gasteiger charge is -2.18. The lowest BCUT2D eigenvalue weighted by atomic mass is 10.1. The van der Waals surface area contributed by atoms with Crippen molar-refractivity contribution in [1.82, 2.24) is 5.32 Å². The second-order valence-electron chi connectivity index (χ2n) is 8.15. The van der Waals surface area contributed by atoms with Crippen LogP contribution in [0.1, 0.15) is 117 Å². The van der Waals surface area contributed by atoms with Crippen LogP contribution >= 0.6 is 0 Å². The van der Waals surface area contributed by atoms with Crippen molar-refractivity contribution in [2.75, 3.05) is 20.3 Å². The molecule has 1 amide bonds. The third-order valence-corrected chi connectivity index (χ3v) is 5.17. The summed E-state index contributed by atoms with van der Waals surface area (Å²) in [5.74, 6) is -0.162. The van der Waals surface area contributed by atoms with Crippen LogP contribution in [-0.4, -0.2) is 38.2 Å². The van der Waals surface area contributed by atoms with E-state index in [0.29, 0.717) is 19.4 Å². The monoisotopic (exact) mass is 413 g/mol. The van der Waals surface area contributed by atoms with Crippen LogP contribution in [0, 0.1) is 0 Å². The number of methoxy groups -OCH3 is 1. The molecule has 0 fully saturated rings. The molecule has 0 rings (SSSR count). The Kier molecular flexibility index (Phi) is 20.8. The van der Waals surface area contributed by atoms with E-state index < -0.39 is 0 Å². The molecule has 0 aromatic heterocycles. The van der Waals surface area contributed by atoms with Gasteiger partial charge in [0.1, 0.15) is 6.61 Å². The molecule has 0 radical (unpaired) electrons. The third-order valence-electron chi connectivity index (χ3n) is 5.17. The van der Waals surface area contributed by atoms with E-state index in [-0.39, 0.29) is 24.5 Å². The maximum absolute atomic E-state index is 12.1. The zero-order valence-electron chi connectivity index (χ0n) is 19.4. The molecule has 29 heavy (non-hydrogen) atoms. The number of esters is 1. The van der Waals surface area contributed by atoms with Crippen molar-refractivity contribution in [3.05, 3.63) is 0 Å². The van der Waals surface area contributed by atoms with Crippen LogP contribution in [0.4, 0.5) is 0 Å². The predicted molar refractivity (Wildman–Crippen MR) is 120 cm³/mol. The van der Waals surface area contributed by atoms with Crippen LogP contribution in [0.3, 0.4) is 0 Å². The number of carbonyl (C=O) groups is 2. The number of amides is 1. The molecule has 0 heterocycles. The molecule has 0 aromatic carbocycles. The Balaban J connectivity index is 3.80. The molecule has 0 aliphatic carbocycles. The van der Waals surface area contributed by atoms with Gasteiger partial charge in [-0.05, 0) is 12.8 Å². The largest absolute Gasteiger partial charge is 0.463 e. The fourth-order valence-corrected chi connectivity index (χ4v) is 3.37. The second-order valence-corrected chi connectivity index (χ2v) is 8.15. The van der Waals surface area contributed by atoms with Crippen LogP contribution in [0.25, 0.3) is 0 Å². The lowest BCUT2D eigenvalue weighted by molar-refractivity contribution is -0.145. The van der Waals surface area contributed by atoms with Gasteiger partial charge in [-0.1, -0.05) is 90.9 Å². The van der Waals surface area contributed by atoms with Crippen molar-refractivity contribution in [3.63, 3.8) is 0 Å². The minimum Gasteiger partial charge on any atom is -0.463 e. The molecule has 1 N–H and O–H groups in total. The van der Waals surface area contributed by atoms with E-state index in [1.54, 1.807) is 7.11 Å². The maximum Gasteiger partial charge on any atom is 0.305 e. The number of nitrogens with one attached hydrogen (secondary N) is 1. The number of ether oxygens (including phenoxy) is 2. The SMILES string of the molecule is CCCCCCCCCC(=O)N[C@@H](COC)COC(=O)CCCCCCCCC. The number of hydrogen-bond donors (Lipinski definition) is 1. The minimum absolute atomic E-state index is 0.0173. The number of hydrogen-bond acceptors (Lipinski definition) is 4. The first-order chi connectivity index (χ1) is 14.1. The summed E-state index contributed by atoms with van der Waals surface area (Å²) in [7, 11) is 1.59. The van der Waals surface area contributed by atoms with Gasteiger partial charge in [-0.15, -0.1) is 0 Å². The third kappa shape index (κ3) is 20.0. The highest BCUT2D eigenvalue weighted by atomic mass is 16.5. The van der Waals surface area contributed by atoms with Gasteiger partial charge in [-0.2, -0.15) is 0 Å². The highest BCUT2D eigenvalue weighted by molar-refractivity contribution is 5.76. The summed E-state index contributed by atoms with van der Waals surface area (Å²) >= 11 is 0. The lowest BCUT2D eigenvalue weighted by Crippen LogP contribution is -2.41. The number of unbranched alkanes of at least 4 members (excludes halogenated alkanes) is 12. The molecule has 1 atom stereocenters. The van der Waals surface area contributed by atoms with Gasteiger partial charge in [0.15, 0.2) is 0 Å². The average molecular weight is 414 g/mol. The summed E-state index contributed by atoms with van der Waals surface area (Å²) in [6.07, 6.45) is 17.6. The first kappa shape index (κ1) is 27.9. The maximum atomic E-state index is 12.1. The second kappa shape index (κ2) is 21.6. The van der Waals surface area contributed by atoms with Crippen molar-refractivity contribution >= 4 is 11.9 Å². The van der Waals surface area contributed by atoms with Gasteiger partial charge in [-0.25, -0.2) is 0 Å². The Morgan fingerprint density at radius 3 is 1.69 bits per heavy atom. The zero-order valence-corrected chi connectivity index (χ0v) is 19.4. The summed E-state index contributed by atoms with van der Waals surface area (Å²) in [6.45, 7) is 4.97. The van der Waals surface area contributed by atoms with E-state index in [1.165, 1.54) is 64.2 Å². The van der Waals surface area contributed by atoms with Gasteiger partial charge < -0.3 is 14.8 Å². The predicted octanol–water partition coefficient (Wildman–Crippen LogP) is 5.94. The molecule has 0 saturated heterocycles. The van der Waals surface area contributed by atoms with Gasteiger partial charge in [0.2, 0.25) is 5.91 Å². The van der Waals surface area contributed by atoms with Crippen LogP contribution in [0.2, 0.25) is 0 Å². The molecule has 0 aromatic rings. The Bertz CT molecular complexity index is 387. The topological polar surface area (TPSA) is 64.6 Å². The molecule has 0 spiro atoms. The highest BCUT2D eigenvalue weighted by Crippen LogP contribution is 2.10. The smallest absolute Gasteiger partial charge is 0.305 e. The van der Waals surface area contributed by atoms with Gasteiger partial charge in [0.25, 0.3) is 0 Å². The summed E-state index contributed by atoms with van der Waals surface area (Å²) < 4.78 is 10.5. The zero-order chi connectivity index (χ0) is 21.6. The van der Waals surface area contributed by atoms with E-state index >= 15 is 0 Å². The Labute approximate surface area is 179 Å². The van der Waals surface area contributed by atoms with Gasteiger partial charge >= 0.3 is 5.97 Å². The molecule has 5 nitrogen and oxygen atoms in total. The number of rotatable bonds is 21. The van der Waals surface area contributed by atoms with Crippen molar-refractivity contribution in [1.29, 1.82) is 0 Å². The van der Waals surface area contributed by atoms with Gasteiger partial charge in [-0.3, -0.25) is 9.59 Å². The van der Waals surface area contributed by atoms with Crippen LogP contribution in [-0.2, 0) is 19.1 Å². The van der Waals surface area contributed by atoms with E-state index in [9.17, 15) is 9.59 Å². The molecule has 0 aliphatic rings. The van der Waals surface area contributed by atoms with E-state index in [4.69, 9.17) is 9.47 Å². The molecule has 0 bridgehead atoms. The first-order valence-electron chi connectivity index (χ1n) is 12.1. The van der Waals surface area contributed by atoms with Crippen molar-refractivity contribution in [2.24, 2.45) is 0 Å². The molecular formula is C24H47NO4. The standard InChI is InChI=1S/C24H47NO4/c1-4-6-8-10-12-14-16-18-23(26)25-22(20-28-3)21-29-24(27)19-17-15-13-11-9-7-5-2/h22H,4-21H2,1-3H3,(H,25,26)/t22-/m0/s1. The fraction of sp³-hybridized carbons (Fsp3) is 0.917. The van der Waals surface area contributed by atoms with Crippen LogP contribution in [0.15, 0.2) is 0 Å². The van der Waals surface area contributed by atoms with Gasteiger partial charge in [0.05, 0.1) is 12.6 Å². The molecule has 5 heteroatoms. The van der Waals surface area contributed by atoms with Crippen LogP contribution < -0.4 is 5.32 Å². The quantitative estimate of drug-likeness (QED) is 0.187. The highest BCUT2D eigenvalue weighted by Gasteiger charge is 2.14. The first-order valence-corrected chi connectivity index (χ1v) is 12.1. The number of carbonyl (C=O) groups excluding carboxylic acids is 2. The van der Waals surface area contributed by atoms with Crippen molar-refractivity contribution in [3.8, 4) is 0 Å². The van der Waals surface area contributed by atoms with Crippen molar-refractivity contribution in [2.45, 2.75) is 123 Å². The van der Waals surface area contributed by atoms with Crippen LogP contribution in [0.5, 0.6) is 0 Å². The van der Waals surface area contributed by atoms with E-state index in [1.807, 2.05) is 0 Å². The molecule has 0 saturated carbocycles. The summed E-state index contributed by atoms with van der Waals surface area (Å²) in [4.78, 5) is 24.0. The Hall–Kier alpha value is -1.10. The molecule has 0 aliphatic heterocycles.